The second kappa shape index (κ2) is 7.74. The molecule has 0 bridgehead atoms. The lowest BCUT2D eigenvalue weighted by Gasteiger charge is -2.12. The molecule has 6 heteroatoms. The summed E-state index contributed by atoms with van der Waals surface area (Å²) < 4.78 is 27.0. The fourth-order valence-corrected chi connectivity index (χ4v) is 2.93. The average molecular weight is 321 g/mol. The number of carbonyl (C=O) groups excluding carboxylic acids is 2. The van der Waals surface area contributed by atoms with Crippen molar-refractivity contribution in [1.82, 2.24) is 0 Å². The van der Waals surface area contributed by atoms with E-state index in [0.29, 0.717) is 30.7 Å². The van der Waals surface area contributed by atoms with Crippen LogP contribution in [-0.4, -0.2) is 10.4 Å². The van der Waals surface area contributed by atoms with Crippen molar-refractivity contribution >= 4 is 33.7 Å². The molecule has 1 aromatic carbocycles. The molecule has 0 aliphatic heterocycles. The maximum atomic E-state index is 13.6. The number of hydrogen-bond acceptors (Lipinski definition) is 3. The number of rotatable bonds is 6. The first-order valence-electron chi connectivity index (χ1n) is 6.31. The van der Waals surface area contributed by atoms with Gasteiger partial charge in [-0.3, -0.25) is 9.59 Å². The van der Waals surface area contributed by atoms with Crippen molar-refractivity contribution in [3.05, 3.63) is 29.3 Å². The van der Waals surface area contributed by atoms with Crippen LogP contribution in [0.5, 0.6) is 0 Å². The molecule has 1 unspecified atom stereocenters. The molecule has 0 fully saturated rings. The van der Waals surface area contributed by atoms with Gasteiger partial charge in [-0.05, 0) is 42.3 Å². The van der Waals surface area contributed by atoms with Crippen molar-refractivity contribution < 1.29 is 18.4 Å². The molecule has 0 aliphatic rings. The van der Waals surface area contributed by atoms with Gasteiger partial charge in [-0.2, -0.15) is 0 Å². The summed E-state index contributed by atoms with van der Waals surface area (Å²) >= 11 is 5.91. The smallest absolute Gasteiger partial charge is 0.255 e. The summed E-state index contributed by atoms with van der Waals surface area (Å²) in [5.74, 6) is -2.07. The summed E-state index contributed by atoms with van der Waals surface area (Å²) in [6.07, 6.45) is 2.22. The summed E-state index contributed by atoms with van der Waals surface area (Å²) in [6, 6.07) is 1.56. The third kappa shape index (κ3) is 4.28. The van der Waals surface area contributed by atoms with E-state index in [1.165, 1.54) is 0 Å². The molecule has 1 atom stereocenters. The van der Waals surface area contributed by atoms with Crippen molar-refractivity contribution in [2.45, 2.75) is 38.0 Å². The Morgan fingerprint density at radius 2 is 1.90 bits per heavy atom. The highest BCUT2D eigenvalue weighted by Crippen LogP contribution is 2.30. The first-order chi connectivity index (χ1) is 9.40. The van der Waals surface area contributed by atoms with Crippen LogP contribution in [0.4, 0.5) is 8.78 Å². The van der Waals surface area contributed by atoms with Crippen LogP contribution >= 0.6 is 23.4 Å². The van der Waals surface area contributed by atoms with Crippen LogP contribution in [0.2, 0.25) is 0 Å². The zero-order valence-electron chi connectivity index (χ0n) is 11.2. The van der Waals surface area contributed by atoms with Gasteiger partial charge in [-0.1, -0.05) is 20.3 Å². The van der Waals surface area contributed by atoms with Gasteiger partial charge in [0.1, 0.15) is 11.6 Å². The maximum Gasteiger partial charge on any atom is 0.255 e. The number of hydrogen-bond donors (Lipinski definition) is 0. The Kier molecular flexibility index (Phi) is 6.62. The molecule has 0 saturated heterocycles. The van der Waals surface area contributed by atoms with Gasteiger partial charge in [0.25, 0.3) is 5.24 Å². The number of halogens is 3. The van der Waals surface area contributed by atoms with Crippen LogP contribution < -0.4 is 0 Å². The van der Waals surface area contributed by atoms with Gasteiger partial charge < -0.3 is 0 Å². The SMILES string of the molecule is CCCC(CC)C(=O)Sc1cc(C(=O)Cl)c(F)cc1F. The molecule has 1 aromatic rings. The van der Waals surface area contributed by atoms with Gasteiger partial charge in [0, 0.05) is 12.0 Å². The fourth-order valence-electron chi connectivity index (χ4n) is 1.79. The van der Waals surface area contributed by atoms with Gasteiger partial charge in [-0.25, -0.2) is 8.78 Å². The van der Waals surface area contributed by atoms with Crippen LogP contribution in [0.25, 0.3) is 0 Å². The van der Waals surface area contributed by atoms with E-state index in [1.807, 2.05) is 13.8 Å². The summed E-state index contributed by atoms with van der Waals surface area (Å²) in [4.78, 5) is 23.0. The third-order valence-electron chi connectivity index (χ3n) is 2.91. The highest BCUT2D eigenvalue weighted by molar-refractivity contribution is 8.13. The zero-order chi connectivity index (χ0) is 15.3. The van der Waals surface area contributed by atoms with Crippen LogP contribution in [0, 0.1) is 17.6 Å². The van der Waals surface area contributed by atoms with E-state index in [-0.39, 0.29) is 15.9 Å². The number of benzene rings is 1. The van der Waals surface area contributed by atoms with Crippen LogP contribution in [0.1, 0.15) is 43.5 Å². The molecule has 0 spiro atoms. The fraction of sp³-hybridized carbons (Fsp3) is 0.429. The third-order valence-corrected chi connectivity index (χ3v) is 4.18. The first-order valence-corrected chi connectivity index (χ1v) is 7.50. The minimum Gasteiger partial charge on any atom is -0.287 e. The molecule has 0 heterocycles. The summed E-state index contributed by atoms with van der Waals surface area (Å²) in [7, 11) is 0. The summed E-state index contributed by atoms with van der Waals surface area (Å²) in [5.41, 5.74) is -0.424. The quantitative estimate of drug-likeness (QED) is 0.558. The van der Waals surface area contributed by atoms with Gasteiger partial charge in [0.15, 0.2) is 5.12 Å². The predicted octanol–water partition coefficient (Wildman–Crippen LogP) is 4.79. The second-order valence-electron chi connectivity index (χ2n) is 4.35. The lowest BCUT2D eigenvalue weighted by Crippen LogP contribution is -2.10. The Balaban J connectivity index is 3.00. The molecule has 0 amide bonds. The average Bonchev–Trinajstić information content (AvgIpc) is 2.38. The van der Waals surface area contributed by atoms with E-state index in [0.717, 1.165) is 12.5 Å². The monoisotopic (exact) mass is 320 g/mol. The molecule has 0 aliphatic carbocycles. The van der Waals surface area contributed by atoms with Crippen molar-refractivity contribution in [2.24, 2.45) is 5.92 Å². The lowest BCUT2D eigenvalue weighted by molar-refractivity contribution is -0.114. The van der Waals surface area contributed by atoms with Gasteiger partial charge in [0.05, 0.1) is 10.5 Å². The molecular weight excluding hydrogens is 306 g/mol. The minimum atomic E-state index is -1.03. The Bertz CT molecular complexity index is 520. The molecule has 0 saturated carbocycles. The highest BCUT2D eigenvalue weighted by Gasteiger charge is 2.21. The minimum absolute atomic E-state index is 0.0741. The van der Waals surface area contributed by atoms with Crippen molar-refractivity contribution in [1.29, 1.82) is 0 Å². The van der Waals surface area contributed by atoms with Crippen molar-refractivity contribution in [2.75, 3.05) is 0 Å². The Morgan fingerprint density at radius 1 is 1.25 bits per heavy atom. The van der Waals surface area contributed by atoms with E-state index in [9.17, 15) is 18.4 Å². The van der Waals surface area contributed by atoms with Crippen LogP contribution in [0.3, 0.4) is 0 Å². The van der Waals surface area contributed by atoms with Gasteiger partial charge in [0.2, 0.25) is 0 Å². The van der Waals surface area contributed by atoms with Crippen molar-refractivity contribution in [3.63, 3.8) is 0 Å². The van der Waals surface area contributed by atoms with E-state index in [2.05, 4.69) is 0 Å². The largest absolute Gasteiger partial charge is 0.287 e. The molecular formula is C14H15ClF2O2S. The predicted molar refractivity (Wildman–Crippen MR) is 76.1 cm³/mol. The van der Waals surface area contributed by atoms with E-state index in [1.54, 1.807) is 0 Å². The zero-order valence-corrected chi connectivity index (χ0v) is 12.8. The van der Waals surface area contributed by atoms with Crippen LogP contribution in [0.15, 0.2) is 17.0 Å². The lowest BCUT2D eigenvalue weighted by atomic mass is 10.0. The molecule has 1 rings (SSSR count). The maximum absolute atomic E-state index is 13.6. The summed E-state index contributed by atoms with van der Waals surface area (Å²) in [6.45, 7) is 3.84. The highest BCUT2D eigenvalue weighted by atomic mass is 35.5. The topological polar surface area (TPSA) is 34.1 Å². The normalized spacial score (nSPS) is 12.2. The van der Waals surface area contributed by atoms with Crippen molar-refractivity contribution in [3.8, 4) is 0 Å². The molecule has 20 heavy (non-hydrogen) atoms. The standard InChI is InChI=1S/C14H15ClF2O2S/c1-3-5-8(4-2)14(19)20-12-6-9(13(15)18)10(16)7-11(12)17/h6-8H,3-5H2,1-2H3. The Hall–Kier alpha value is -0.940. The molecule has 110 valence electrons. The molecule has 0 N–H and O–H groups in total. The number of carbonyl (C=O) groups is 2. The molecule has 0 aromatic heterocycles. The van der Waals surface area contributed by atoms with E-state index >= 15 is 0 Å². The Morgan fingerprint density at radius 3 is 2.40 bits per heavy atom. The number of thioether (sulfide) groups is 1. The van der Waals surface area contributed by atoms with E-state index in [4.69, 9.17) is 11.6 Å². The second-order valence-corrected chi connectivity index (χ2v) is 5.74. The molecule has 0 radical (unpaired) electrons. The van der Waals surface area contributed by atoms with Crippen LogP contribution in [-0.2, 0) is 4.79 Å². The first kappa shape index (κ1) is 17.1. The Labute approximate surface area is 125 Å². The van der Waals surface area contributed by atoms with E-state index < -0.39 is 22.4 Å². The van der Waals surface area contributed by atoms with Gasteiger partial charge >= 0.3 is 0 Å². The van der Waals surface area contributed by atoms with Gasteiger partial charge in [-0.15, -0.1) is 0 Å². The summed E-state index contributed by atoms with van der Waals surface area (Å²) in [5, 5.41) is -1.20. The molecule has 2 nitrogen and oxygen atoms in total.